The zero-order chi connectivity index (χ0) is 16.6. The van der Waals surface area contributed by atoms with E-state index in [0.29, 0.717) is 38.7 Å². The number of nitrogens with zero attached hydrogens (tertiary/aromatic N) is 2. The lowest BCUT2D eigenvalue weighted by Crippen LogP contribution is -2.52. The predicted octanol–water partition coefficient (Wildman–Crippen LogP) is 0.910. The van der Waals surface area contributed by atoms with Gasteiger partial charge in [-0.3, -0.25) is 9.69 Å². The largest absolute Gasteiger partial charge is 0.336 e. The lowest BCUT2D eigenvalue weighted by atomic mass is 10.1. The first kappa shape index (κ1) is 16.3. The number of hydrogen-bond acceptors (Lipinski definition) is 4. The van der Waals surface area contributed by atoms with Gasteiger partial charge in [0, 0.05) is 38.3 Å². The first-order valence-corrected chi connectivity index (χ1v) is 9.37. The fourth-order valence-corrected chi connectivity index (χ4v) is 4.95. The van der Waals surface area contributed by atoms with Gasteiger partial charge in [-0.25, -0.2) is 17.2 Å². The van der Waals surface area contributed by atoms with E-state index in [4.69, 9.17) is 0 Å². The van der Waals surface area contributed by atoms with Gasteiger partial charge in [0.15, 0.2) is 9.84 Å². The maximum absolute atomic E-state index is 13.7. The quantitative estimate of drug-likeness (QED) is 0.800. The van der Waals surface area contributed by atoms with Crippen LogP contribution in [0.15, 0.2) is 18.2 Å². The number of carbonyl (C=O) groups excluding carboxylic acids is 1. The highest BCUT2D eigenvalue weighted by molar-refractivity contribution is 7.91. The molecule has 0 radical (unpaired) electrons. The first-order valence-electron chi connectivity index (χ1n) is 7.54. The molecule has 3 rings (SSSR count). The normalized spacial score (nSPS) is 24.8. The molecule has 1 aromatic carbocycles. The Morgan fingerprint density at radius 3 is 2.39 bits per heavy atom. The Balaban J connectivity index is 1.61. The number of hydrogen-bond donors (Lipinski definition) is 0. The molecule has 1 atom stereocenters. The van der Waals surface area contributed by atoms with Gasteiger partial charge in [0.25, 0.3) is 5.91 Å². The average Bonchev–Trinajstić information content (AvgIpc) is 2.87. The molecule has 1 amide bonds. The molecule has 0 unspecified atom stereocenters. The van der Waals surface area contributed by atoms with Crippen molar-refractivity contribution in [2.45, 2.75) is 12.5 Å². The van der Waals surface area contributed by atoms with E-state index in [2.05, 4.69) is 4.90 Å². The number of rotatable bonds is 2. The molecule has 126 valence electrons. The van der Waals surface area contributed by atoms with E-state index in [1.54, 1.807) is 0 Å². The Morgan fingerprint density at radius 1 is 1.13 bits per heavy atom. The fraction of sp³-hybridized carbons (Fsp3) is 0.533. The minimum absolute atomic E-state index is 0.0137. The third-order valence-corrected chi connectivity index (χ3v) is 6.24. The highest BCUT2D eigenvalue weighted by atomic mass is 32.2. The lowest BCUT2D eigenvalue weighted by molar-refractivity contribution is 0.0583. The second kappa shape index (κ2) is 6.16. The molecule has 0 saturated carbocycles. The molecule has 2 heterocycles. The summed E-state index contributed by atoms with van der Waals surface area (Å²) in [6.07, 6.45) is 0.628. The molecule has 2 saturated heterocycles. The van der Waals surface area contributed by atoms with Crippen molar-refractivity contribution >= 4 is 15.7 Å². The van der Waals surface area contributed by atoms with E-state index in [0.717, 1.165) is 12.1 Å². The van der Waals surface area contributed by atoms with E-state index >= 15 is 0 Å². The van der Waals surface area contributed by atoms with Crippen LogP contribution in [0.4, 0.5) is 8.78 Å². The van der Waals surface area contributed by atoms with Gasteiger partial charge in [0.2, 0.25) is 0 Å². The Morgan fingerprint density at radius 2 is 1.83 bits per heavy atom. The molecule has 0 aliphatic carbocycles. The summed E-state index contributed by atoms with van der Waals surface area (Å²) in [6.45, 7) is 1.95. The van der Waals surface area contributed by atoms with Crippen LogP contribution in [0.25, 0.3) is 0 Å². The summed E-state index contributed by atoms with van der Waals surface area (Å²) in [5.74, 6) is -1.64. The van der Waals surface area contributed by atoms with Gasteiger partial charge in [-0.15, -0.1) is 0 Å². The van der Waals surface area contributed by atoms with Crippen LogP contribution in [0.5, 0.6) is 0 Å². The van der Waals surface area contributed by atoms with Crippen molar-refractivity contribution in [1.82, 2.24) is 9.80 Å². The molecule has 5 nitrogen and oxygen atoms in total. The van der Waals surface area contributed by atoms with E-state index in [-0.39, 0.29) is 23.1 Å². The maximum atomic E-state index is 13.7. The standard InChI is InChI=1S/C15H18F2N2O3S/c16-11-1-2-13(14(17)9-11)15(20)19-6-4-18(5-7-19)12-3-8-23(21,22)10-12/h1-2,9,12H,3-8,10H2/t12-/m0/s1. The van der Waals surface area contributed by atoms with Crippen molar-refractivity contribution in [3.05, 3.63) is 35.4 Å². The van der Waals surface area contributed by atoms with Crippen LogP contribution < -0.4 is 0 Å². The summed E-state index contributed by atoms with van der Waals surface area (Å²) < 4.78 is 49.7. The maximum Gasteiger partial charge on any atom is 0.256 e. The van der Waals surface area contributed by atoms with E-state index in [9.17, 15) is 22.0 Å². The van der Waals surface area contributed by atoms with Gasteiger partial charge in [-0.05, 0) is 18.6 Å². The highest BCUT2D eigenvalue weighted by Gasteiger charge is 2.34. The van der Waals surface area contributed by atoms with Crippen molar-refractivity contribution in [3.8, 4) is 0 Å². The first-order chi connectivity index (χ1) is 10.9. The minimum Gasteiger partial charge on any atom is -0.336 e. The van der Waals surface area contributed by atoms with Crippen LogP contribution in [0.1, 0.15) is 16.8 Å². The summed E-state index contributed by atoms with van der Waals surface area (Å²) in [5, 5.41) is 0. The van der Waals surface area contributed by atoms with Crippen LogP contribution in [-0.2, 0) is 9.84 Å². The van der Waals surface area contributed by atoms with E-state index in [1.807, 2.05) is 0 Å². The zero-order valence-electron chi connectivity index (χ0n) is 12.5. The number of piperazine rings is 1. The average molecular weight is 344 g/mol. The Labute approximate surface area is 133 Å². The van der Waals surface area contributed by atoms with Crippen LogP contribution in [-0.4, -0.2) is 67.9 Å². The SMILES string of the molecule is O=C(c1ccc(F)cc1F)N1CCN([C@H]2CCS(=O)(=O)C2)CC1. The van der Waals surface area contributed by atoms with Gasteiger partial charge in [0.1, 0.15) is 11.6 Å². The Kier molecular flexibility index (Phi) is 4.37. The topological polar surface area (TPSA) is 57.7 Å². The van der Waals surface area contributed by atoms with Crippen LogP contribution in [0.2, 0.25) is 0 Å². The Bertz CT molecular complexity index is 715. The molecule has 2 aliphatic rings. The van der Waals surface area contributed by atoms with E-state index < -0.39 is 27.4 Å². The second-order valence-electron chi connectivity index (χ2n) is 6.01. The van der Waals surface area contributed by atoms with Crippen LogP contribution >= 0.6 is 0 Å². The smallest absolute Gasteiger partial charge is 0.256 e. The molecule has 23 heavy (non-hydrogen) atoms. The van der Waals surface area contributed by atoms with Gasteiger partial charge in [-0.1, -0.05) is 0 Å². The van der Waals surface area contributed by atoms with Crippen LogP contribution in [0, 0.1) is 11.6 Å². The molecule has 0 N–H and O–H groups in total. The molecule has 1 aromatic rings. The fourth-order valence-electron chi connectivity index (χ4n) is 3.19. The summed E-state index contributed by atoms with van der Waals surface area (Å²) in [6, 6.07) is 2.94. The molecule has 8 heteroatoms. The summed E-state index contributed by atoms with van der Waals surface area (Å²) >= 11 is 0. The zero-order valence-corrected chi connectivity index (χ0v) is 13.4. The third kappa shape index (κ3) is 3.53. The van der Waals surface area contributed by atoms with Gasteiger partial charge >= 0.3 is 0 Å². The number of sulfone groups is 1. The summed E-state index contributed by atoms with van der Waals surface area (Å²) in [7, 11) is -2.93. The summed E-state index contributed by atoms with van der Waals surface area (Å²) in [4.78, 5) is 15.9. The second-order valence-corrected chi connectivity index (χ2v) is 8.24. The van der Waals surface area contributed by atoms with Crippen molar-refractivity contribution in [2.75, 3.05) is 37.7 Å². The molecule has 0 spiro atoms. The van der Waals surface area contributed by atoms with Crippen molar-refractivity contribution in [2.24, 2.45) is 0 Å². The van der Waals surface area contributed by atoms with Crippen molar-refractivity contribution in [3.63, 3.8) is 0 Å². The number of carbonyl (C=O) groups is 1. The lowest BCUT2D eigenvalue weighted by Gasteiger charge is -2.37. The molecule has 0 bridgehead atoms. The third-order valence-electron chi connectivity index (χ3n) is 4.49. The summed E-state index contributed by atoms with van der Waals surface area (Å²) in [5.41, 5.74) is -0.136. The molecular weight excluding hydrogens is 326 g/mol. The van der Waals surface area contributed by atoms with Gasteiger partial charge < -0.3 is 4.90 Å². The van der Waals surface area contributed by atoms with Crippen molar-refractivity contribution in [1.29, 1.82) is 0 Å². The van der Waals surface area contributed by atoms with E-state index in [1.165, 1.54) is 4.90 Å². The van der Waals surface area contributed by atoms with Gasteiger partial charge in [-0.2, -0.15) is 0 Å². The number of amides is 1. The minimum atomic E-state index is -2.93. The predicted molar refractivity (Wildman–Crippen MR) is 80.9 cm³/mol. The molecule has 2 aliphatic heterocycles. The molecule has 0 aromatic heterocycles. The van der Waals surface area contributed by atoms with Crippen LogP contribution in [0.3, 0.4) is 0 Å². The molecular formula is C15H18F2N2O3S. The monoisotopic (exact) mass is 344 g/mol. The van der Waals surface area contributed by atoms with Gasteiger partial charge in [0.05, 0.1) is 17.1 Å². The molecule has 2 fully saturated rings. The Hall–Kier alpha value is -1.54. The number of benzene rings is 1. The number of halogens is 2. The highest BCUT2D eigenvalue weighted by Crippen LogP contribution is 2.20. The van der Waals surface area contributed by atoms with Crippen molar-refractivity contribution < 1.29 is 22.0 Å².